The third-order valence-corrected chi connectivity index (χ3v) is 5.68. The highest BCUT2D eigenvalue weighted by atomic mass is 16.7. The number of amides is 1. The number of carbonyl (C=O) groups excluding carboxylic acids is 2. The minimum absolute atomic E-state index is 0.0446. The number of nitrogens with zero attached hydrogens (tertiary/aromatic N) is 2. The Morgan fingerprint density at radius 2 is 2.03 bits per heavy atom. The highest BCUT2D eigenvalue weighted by molar-refractivity contribution is 5.78. The molecule has 2 aliphatic rings. The monoisotopic (exact) mass is 430 g/mol. The van der Waals surface area contributed by atoms with Crippen molar-refractivity contribution in [2.45, 2.75) is 45.2 Å². The van der Waals surface area contributed by atoms with E-state index < -0.39 is 11.4 Å². The maximum Gasteiger partial charge on any atom is 0.285 e. The predicted octanol–water partition coefficient (Wildman–Crippen LogP) is -0.534. The number of carboxylic acids is 1. The summed E-state index contributed by atoms with van der Waals surface area (Å²) in [5.41, 5.74) is 0.112. The van der Waals surface area contributed by atoms with Crippen LogP contribution in [0.3, 0.4) is 0 Å². The molecule has 3 heterocycles. The third kappa shape index (κ3) is 4.79. The molecular formula is C21H26N4O6. The van der Waals surface area contributed by atoms with Gasteiger partial charge in [0.05, 0.1) is 19.6 Å². The number of likely N-dealkylation sites (tertiary alicyclic amines) is 1. The topological polar surface area (TPSA) is 131 Å². The highest BCUT2D eigenvalue weighted by Gasteiger charge is 2.39. The molecule has 2 N–H and O–H groups in total. The van der Waals surface area contributed by atoms with Crippen molar-refractivity contribution in [3.63, 3.8) is 0 Å². The minimum Gasteiger partial charge on any atom is -0.550 e. The average molecular weight is 430 g/mol. The quantitative estimate of drug-likeness (QED) is 0.599. The normalized spacial score (nSPS) is 22.5. The van der Waals surface area contributed by atoms with Crippen LogP contribution in [0.15, 0.2) is 22.7 Å². The minimum atomic E-state index is -1.16. The summed E-state index contributed by atoms with van der Waals surface area (Å²) in [6.45, 7) is 4.39. The van der Waals surface area contributed by atoms with Gasteiger partial charge >= 0.3 is 0 Å². The number of quaternary nitrogens is 1. The van der Waals surface area contributed by atoms with Gasteiger partial charge in [0, 0.05) is 24.4 Å². The highest BCUT2D eigenvalue weighted by Crippen LogP contribution is 2.35. The summed E-state index contributed by atoms with van der Waals surface area (Å²) in [5.74, 6) is 0.997. The lowest BCUT2D eigenvalue weighted by molar-refractivity contribution is -0.900. The zero-order valence-electron chi connectivity index (χ0n) is 17.8. The largest absolute Gasteiger partial charge is 0.550 e. The number of fused-ring (bicyclic) bond motifs is 1. The molecule has 10 nitrogen and oxygen atoms in total. The molecule has 0 spiro atoms. The van der Waals surface area contributed by atoms with Crippen molar-refractivity contribution in [1.82, 2.24) is 15.5 Å². The Morgan fingerprint density at radius 1 is 1.26 bits per heavy atom. The molecule has 1 fully saturated rings. The molecule has 31 heavy (non-hydrogen) atoms. The summed E-state index contributed by atoms with van der Waals surface area (Å²) < 4.78 is 16.3. The number of aliphatic carboxylic acids is 1. The van der Waals surface area contributed by atoms with E-state index in [1.54, 1.807) is 13.8 Å². The molecule has 0 bridgehead atoms. The van der Waals surface area contributed by atoms with E-state index in [2.05, 4.69) is 15.5 Å². The van der Waals surface area contributed by atoms with Crippen LogP contribution in [0.1, 0.15) is 45.0 Å². The van der Waals surface area contributed by atoms with Crippen molar-refractivity contribution in [2.75, 3.05) is 20.4 Å². The van der Waals surface area contributed by atoms with Gasteiger partial charge in [0.15, 0.2) is 17.5 Å². The van der Waals surface area contributed by atoms with E-state index in [4.69, 9.17) is 14.0 Å². The molecule has 1 amide bonds. The molecule has 2 aliphatic heterocycles. The van der Waals surface area contributed by atoms with Crippen LogP contribution in [0, 0.1) is 5.41 Å². The number of rotatable bonds is 7. The molecule has 0 radical (unpaired) electrons. The van der Waals surface area contributed by atoms with Crippen molar-refractivity contribution in [2.24, 2.45) is 5.41 Å². The first-order chi connectivity index (χ1) is 14.7. The van der Waals surface area contributed by atoms with E-state index >= 15 is 0 Å². The Labute approximate surface area is 179 Å². The van der Waals surface area contributed by atoms with Gasteiger partial charge in [-0.15, -0.1) is 0 Å². The Morgan fingerprint density at radius 3 is 2.81 bits per heavy atom. The first-order valence-electron chi connectivity index (χ1n) is 10.3. The molecule has 1 unspecified atom stereocenters. The smallest absolute Gasteiger partial charge is 0.285 e. The molecule has 1 saturated heterocycles. The number of carbonyl (C=O) groups is 2. The molecule has 2 aromatic rings. The molecule has 166 valence electrons. The van der Waals surface area contributed by atoms with Crippen LogP contribution in [0.25, 0.3) is 11.4 Å². The summed E-state index contributed by atoms with van der Waals surface area (Å²) in [5, 5.41) is 18.0. The second-order valence-corrected chi connectivity index (χ2v) is 9.02. The zero-order valence-corrected chi connectivity index (χ0v) is 17.8. The second-order valence-electron chi connectivity index (χ2n) is 9.02. The Balaban J connectivity index is 1.38. The summed E-state index contributed by atoms with van der Waals surface area (Å²) in [6, 6.07) is 5.38. The zero-order chi connectivity index (χ0) is 22.2. The Kier molecular flexibility index (Phi) is 5.57. The maximum atomic E-state index is 12.4. The number of benzene rings is 1. The van der Waals surface area contributed by atoms with Crippen LogP contribution >= 0.6 is 0 Å². The van der Waals surface area contributed by atoms with Gasteiger partial charge in [-0.25, -0.2) is 0 Å². The van der Waals surface area contributed by atoms with E-state index in [1.807, 2.05) is 25.2 Å². The Hall–Kier alpha value is -3.14. The lowest BCUT2D eigenvalue weighted by Crippen LogP contribution is -3.07. The standard InChI is InChI=1S/C21H26N4O6/c1-21(2,9-18(27)28)8-17(26)22-13-7-14(25(3)10-13)20-23-19(24-31-20)12-4-5-15-16(6-12)30-11-29-15/h4-6,13-14H,7-11H2,1-3H3,(H,22,26)(H,27,28)/t13-,14-/m0/s1. The van der Waals surface area contributed by atoms with Gasteiger partial charge in [-0.1, -0.05) is 19.0 Å². The van der Waals surface area contributed by atoms with E-state index in [1.165, 1.54) is 0 Å². The summed E-state index contributed by atoms with van der Waals surface area (Å²) >= 11 is 0. The van der Waals surface area contributed by atoms with E-state index in [0.717, 1.165) is 10.5 Å². The fourth-order valence-corrected chi connectivity index (χ4v) is 4.22. The number of likely N-dealkylation sites (N-methyl/N-ethyl adjacent to an activating group) is 1. The maximum absolute atomic E-state index is 12.4. The van der Waals surface area contributed by atoms with Gasteiger partial charge in [0.1, 0.15) is 0 Å². The molecule has 1 aromatic carbocycles. The van der Waals surface area contributed by atoms with Crippen LogP contribution in [0.2, 0.25) is 0 Å². The SMILES string of the molecule is C[NH+]1C[C@@H](NC(=O)CC(C)(C)CC(=O)[O-])C[C@H]1c1nc(-c2ccc3c(c2)OCO3)no1. The molecular weight excluding hydrogens is 404 g/mol. The van der Waals surface area contributed by atoms with Crippen molar-refractivity contribution in [1.29, 1.82) is 0 Å². The van der Waals surface area contributed by atoms with Crippen molar-refractivity contribution in [3.8, 4) is 22.9 Å². The van der Waals surface area contributed by atoms with Gasteiger partial charge in [-0.2, -0.15) is 4.98 Å². The molecule has 0 aliphatic carbocycles. The average Bonchev–Trinajstić information content (AvgIpc) is 3.38. The number of hydrogen-bond donors (Lipinski definition) is 2. The number of ether oxygens (including phenoxy) is 2. The lowest BCUT2D eigenvalue weighted by Gasteiger charge is -2.24. The van der Waals surface area contributed by atoms with Gasteiger partial charge in [-0.05, 0) is 30.0 Å². The van der Waals surface area contributed by atoms with Crippen LogP contribution in [-0.2, 0) is 9.59 Å². The number of hydrogen-bond acceptors (Lipinski definition) is 8. The number of carboxylic acid groups (broad SMARTS) is 1. The van der Waals surface area contributed by atoms with E-state index in [-0.39, 0.29) is 37.6 Å². The fourth-order valence-electron chi connectivity index (χ4n) is 4.22. The first kappa shape index (κ1) is 21.1. The molecule has 4 rings (SSSR count). The Bertz CT molecular complexity index is 988. The van der Waals surface area contributed by atoms with Crippen molar-refractivity contribution >= 4 is 11.9 Å². The van der Waals surface area contributed by atoms with Crippen molar-refractivity contribution < 1.29 is 33.6 Å². The summed E-state index contributed by atoms with van der Waals surface area (Å²) in [7, 11) is 2.02. The van der Waals surface area contributed by atoms with Crippen LogP contribution in [-0.4, -0.2) is 48.4 Å². The molecule has 10 heteroatoms. The molecule has 1 aromatic heterocycles. The van der Waals surface area contributed by atoms with E-state index in [0.29, 0.717) is 36.2 Å². The third-order valence-electron chi connectivity index (χ3n) is 5.68. The summed E-state index contributed by atoms with van der Waals surface area (Å²) in [6.07, 6.45) is 0.612. The van der Waals surface area contributed by atoms with Gasteiger partial charge in [0.2, 0.25) is 18.5 Å². The van der Waals surface area contributed by atoms with E-state index in [9.17, 15) is 14.7 Å². The van der Waals surface area contributed by atoms with Gasteiger partial charge in [0.25, 0.3) is 5.89 Å². The molecule has 0 saturated carbocycles. The van der Waals surface area contributed by atoms with Crippen molar-refractivity contribution in [3.05, 3.63) is 24.1 Å². The fraction of sp³-hybridized carbons (Fsp3) is 0.524. The first-order valence-corrected chi connectivity index (χ1v) is 10.3. The van der Waals surface area contributed by atoms with Gasteiger partial charge in [-0.3, -0.25) is 4.79 Å². The molecule has 3 atom stereocenters. The number of aromatic nitrogens is 2. The summed E-state index contributed by atoms with van der Waals surface area (Å²) in [4.78, 5) is 29.0. The second kappa shape index (κ2) is 8.18. The van der Waals surface area contributed by atoms with Crippen LogP contribution in [0.4, 0.5) is 0 Å². The van der Waals surface area contributed by atoms with Gasteiger partial charge < -0.3 is 34.1 Å². The van der Waals surface area contributed by atoms with Crippen LogP contribution in [0.5, 0.6) is 11.5 Å². The number of nitrogens with one attached hydrogen (secondary N) is 2. The van der Waals surface area contributed by atoms with Crippen LogP contribution < -0.4 is 24.8 Å². The predicted molar refractivity (Wildman–Crippen MR) is 105 cm³/mol. The lowest BCUT2D eigenvalue weighted by atomic mass is 9.85.